The number of thiazole rings is 1. The Balaban J connectivity index is 1.96. The van der Waals surface area contributed by atoms with Gasteiger partial charge in [-0.05, 0) is 32.9 Å². The number of nitrogens with one attached hydrogen (secondary N) is 2. The van der Waals surface area contributed by atoms with E-state index in [1.807, 2.05) is 20.8 Å². The average molecular weight is 359 g/mol. The van der Waals surface area contributed by atoms with Crippen molar-refractivity contribution in [2.45, 2.75) is 26.3 Å². The van der Waals surface area contributed by atoms with E-state index in [0.29, 0.717) is 16.2 Å². The van der Waals surface area contributed by atoms with Crippen LogP contribution < -0.4 is 10.6 Å². The number of amides is 2. The number of hydrogen-bond acceptors (Lipinski definition) is 6. The van der Waals surface area contributed by atoms with Gasteiger partial charge in [0.25, 0.3) is 0 Å². The minimum Gasteiger partial charge on any atom is -0.335 e. The summed E-state index contributed by atoms with van der Waals surface area (Å²) in [5, 5.41) is 15.3. The lowest BCUT2D eigenvalue weighted by molar-refractivity contribution is -0.132. The Labute approximate surface area is 150 Å². The number of hydrogen-bond donors (Lipinski definition) is 2. The third-order valence-electron chi connectivity index (χ3n) is 3.36. The van der Waals surface area contributed by atoms with E-state index in [1.54, 1.807) is 25.2 Å². The molecule has 1 aromatic heterocycles. The van der Waals surface area contributed by atoms with Crippen LogP contribution in [0.25, 0.3) is 10.2 Å². The summed E-state index contributed by atoms with van der Waals surface area (Å²) in [7, 11) is 1.58. The summed E-state index contributed by atoms with van der Waals surface area (Å²) >= 11 is 1.24. The molecular weight excluding hydrogens is 338 g/mol. The highest BCUT2D eigenvalue weighted by Gasteiger charge is 2.17. The van der Waals surface area contributed by atoms with Crippen molar-refractivity contribution in [3.63, 3.8) is 0 Å². The van der Waals surface area contributed by atoms with Gasteiger partial charge in [0.1, 0.15) is 6.07 Å². The van der Waals surface area contributed by atoms with Gasteiger partial charge in [-0.15, -0.1) is 0 Å². The zero-order valence-electron chi connectivity index (χ0n) is 14.7. The van der Waals surface area contributed by atoms with Gasteiger partial charge in [0.15, 0.2) is 5.13 Å². The van der Waals surface area contributed by atoms with Gasteiger partial charge in [-0.3, -0.25) is 9.59 Å². The van der Waals surface area contributed by atoms with Crippen molar-refractivity contribution < 1.29 is 9.59 Å². The second-order valence-electron chi connectivity index (χ2n) is 6.69. The SMILES string of the molecule is CN(CC(=O)Nc1nc2cccc(C#N)c2s1)C(=O)CNC(C)(C)C. The molecule has 132 valence electrons. The lowest BCUT2D eigenvalue weighted by Crippen LogP contribution is -2.45. The van der Waals surface area contributed by atoms with Crippen LogP contribution in [0, 0.1) is 11.3 Å². The van der Waals surface area contributed by atoms with Crippen molar-refractivity contribution in [3.05, 3.63) is 23.8 Å². The van der Waals surface area contributed by atoms with Crippen LogP contribution in [0.3, 0.4) is 0 Å². The number of benzene rings is 1. The highest BCUT2D eigenvalue weighted by atomic mass is 32.1. The molecule has 0 saturated carbocycles. The molecule has 2 rings (SSSR count). The molecule has 0 radical (unpaired) electrons. The van der Waals surface area contributed by atoms with E-state index in [9.17, 15) is 9.59 Å². The third kappa shape index (κ3) is 5.24. The van der Waals surface area contributed by atoms with E-state index >= 15 is 0 Å². The van der Waals surface area contributed by atoms with Crippen LogP contribution in [0.4, 0.5) is 5.13 Å². The van der Waals surface area contributed by atoms with Gasteiger partial charge in [0.2, 0.25) is 11.8 Å². The molecule has 1 heterocycles. The molecule has 1 aromatic carbocycles. The van der Waals surface area contributed by atoms with Crippen molar-refractivity contribution in [1.29, 1.82) is 5.26 Å². The lowest BCUT2D eigenvalue weighted by atomic mass is 10.1. The summed E-state index contributed by atoms with van der Waals surface area (Å²) in [6, 6.07) is 7.36. The smallest absolute Gasteiger partial charge is 0.245 e. The first-order chi connectivity index (χ1) is 11.7. The maximum Gasteiger partial charge on any atom is 0.245 e. The quantitative estimate of drug-likeness (QED) is 0.850. The number of aromatic nitrogens is 1. The van der Waals surface area contributed by atoms with Crippen LogP contribution in [0.1, 0.15) is 26.3 Å². The minimum atomic E-state index is -0.329. The Morgan fingerprint density at radius 3 is 2.72 bits per heavy atom. The zero-order chi connectivity index (χ0) is 18.6. The predicted molar refractivity (Wildman–Crippen MR) is 98.4 cm³/mol. The molecule has 0 aliphatic carbocycles. The number of nitrogens with zero attached hydrogens (tertiary/aromatic N) is 3. The maximum atomic E-state index is 12.1. The highest BCUT2D eigenvalue weighted by molar-refractivity contribution is 7.22. The van der Waals surface area contributed by atoms with Crippen molar-refractivity contribution >= 4 is 38.5 Å². The summed E-state index contributed by atoms with van der Waals surface area (Å²) in [5.41, 5.74) is 1.02. The van der Waals surface area contributed by atoms with Gasteiger partial charge >= 0.3 is 0 Å². The summed E-state index contributed by atoms with van der Waals surface area (Å²) < 4.78 is 0.735. The second kappa shape index (κ2) is 7.59. The molecule has 0 fully saturated rings. The summed E-state index contributed by atoms with van der Waals surface area (Å²) in [4.78, 5) is 29.8. The standard InChI is InChI=1S/C17H21N5O2S/c1-17(2,3)19-9-14(24)22(4)10-13(23)21-16-20-12-7-5-6-11(8-18)15(12)25-16/h5-7,19H,9-10H2,1-4H3,(H,20,21,23). The average Bonchev–Trinajstić information content (AvgIpc) is 2.93. The van der Waals surface area contributed by atoms with Gasteiger partial charge in [0, 0.05) is 12.6 Å². The van der Waals surface area contributed by atoms with Gasteiger partial charge in [-0.25, -0.2) is 4.98 Å². The van der Waals surface area contributed by atoms with Gasteiger partial charge in [-0.1, -0.05) is 17.4 Å². The Hall–Kier alpha value is -2.50. The maximum absolute atomic E-state index is 12.1. The number of rotatable bonds is 5. The number of anilines is 1. The van der Waals surface area contributed by atoms with E-state index in [1.165, 1.54) is 16.2 Å². The van der Waals surface area contributed by atoms with Gasteiger partial charge < -0.3 is 15.5 Å². The Morgan fingerprint density at radius 1 is 1.36 bits per heavy atom. The summed E-state index contributed by atoms with van der Waals surface area (Å²) in [5.74, 6) is -0.495. The van der Waals surface area contributed by atoms with Crippen LogP contribution in [0.15, 0.2) is 18.2 Å². The molecule has 2 aromatic rings. The fraction of sp³-hybridized carbons (Fsp3) is 0.412. The number of carbonyl (C=O) groups is 2. The minimum absolute atomic E-state index is 0.0638. The fourth-order valence-corrected chi connectivity index (χ4v) is 2.97. The monoisotopic (exact) mass is 359 g/mol. The first-order valence-corrected chi connectivity index (χ1v) is 8.60. The van der Waals surface area contributed by atoms with Crippen LogP contribution in [0.2, 0.25) is 0 Å². The number of likely N-dealkylation sites (N-methyl/N-ethyl adjacent to an activating group) is 1. The molecule has 0 aliphatic heterocycles. The van der Waals surface area contributed by atoms with E-state index in [-0.39, 0.29) is 30.4 Å². The lowest BCUT2D eigenvalue weighted by Gasteiger charge is -2.23. The predicted octanol–water partition coefficient (Wildman–Crippen LogP) is 1.95. The second-order valence-corrected chi connectivity index (χ2v) is 7.69. The van der Waals surface area contributed by atoms with Crippen LogP contribution in [-0.4, -0.2) is 47.4 Å². The van der Waals surface area contributed by atoms with Crippen LogP contribution in [0.5, 0.6) is 0 Å². The topological polar surface area (TPSA) is 98.1 Å². The van der Waals surface area contributed by atoms with E-state index in [0.717, 1.165) is 4.70 Å². The molecule has 8 heteroatoms. The molecule has 2 amide bonds. The first-order valence-electron chi connectivity index (χ1n) is 7.78. The fourth-order valence-electron chi connectivity index (χ4n) is 2.03. The largest absolute Gasteiger partial charge is 0.335 e. The molecule has 0 atom stereocenters. The summed E-state index contributed by atoms with van der Waals surface area (Å²) in [6.45, 7) is 6.01. The number of fused-ring (bicyclic) bond motifs is 1. The Bertz CT molecular complexity index is 832. The van der Waals surface area contributed by atoms with Gasteiger partial charge in [-0.2, -0.15) is 5.26 Å². The molecule has 7 nitrogen and oxygen atoms in total. The van der Waals surface area contributed by atoms with Crippen molar-refractivity contribution in [2.24, 2.45) is 0 Å². The number of nitriles is 1. The van der Waals surface area contributed by atoms with Crippen molar-refractivity contribution in [2.75, 3.05) is 25.5 Å². The molecule has 0 saturated heterocycles. The molecule has 0 bridgehead atoms. The zero-order valence-corrected chi connectivity index (χ0v) is 15.5. The highest BCUT2D eigenvalue weighted by Crippen LogP contribution is 2.28. The van der Waals surface area contributed by atoms with Gasteiger partial charge in [0.05, 0.1) is 28.9 Å². The van der Waals surface area contributed by atoms with E-state index in [4.69, 9.17) is 5.26 Å². The molecular formula is C17H21N5O2S. The molecule has 0 unspecified atom stereocenters. The Kier molecular flexibility index (Phi) is 5.72. The normalized spacial score (nSPS) is 11.2. The van der Waals surface area contributed by atoms with Crippen molar-refractivity contribution in [1.82, 2.24) is 15.2 Å². The van der Waals surface area contributed by atoms with E-state index < -0.39 is 0 Å². The molecule has 0 aliphatic rings. The Morgan fingerprint density at radius 2 is 2.08 bits per heavy atom. The third-order valence-corrected chi connectivity index (χ3v) is 4.38. The molecule has 0 spiro atoms. The van der Waals surface area contributed by atoms with Crippen molar-refractivity contribution in [3.8, 4) is 6.07 Å². The van der Waals surface area contributed by atoms with Crippen LogP contribution in [-0.2, 0) is 9.59 Å². The summed E-state index contributed by atoms with van der Waals surface area (Å²) in [6.07, 6.45) is 0. The van der Waals surface area contributed by atoms with Crippen LogP contribution >= 0.6 is 11.3 Å². The number of carbonyl (C=O) groups excluding carboxylic acids is 2. The first kappa shape index (κ1) is 18.8. The molecule has 25 heavy (non-hydrogen) atoms. The van der Waals surface area contributed by atoms with E-state index in [2.05, 4.69) is 21.7 Å². The molecule has 2 N–H and O–H groups in total.